The smallest absolute Gasteiger partial charge is 0.279 e. The molecule has 2 heterocycles. The Kier molecular flexibility index (Phi) is 5.00. The molecule has 0 aliphatic carbocycles. The number of hydrogen-bond acceptors (Lipinski definition) is 3. The maximum absolute atomic E-state index is 12.3. The summed E-state index contributed by atoms with van der Waals surface area (Å²) in [6.45, 7) is 5.24. The summed E-state index contributed by atoms with van der Waals surface area (Å²) >= 11 is 0. The molecule has 0 aromatic carbocycles. The van der Waals surface area contributed by atoms with E-state index < -0.39 is 10.2 Å². The molecule has 0 aromatic heterocycles. The Balaban J connectivity index is 1.92. The van der Waals surface area contributed by atoms with Gasteiger partial charge in [-0.2, -0.15) is 17.4 Å². The maximum atomic E-state index is 12.3. The Morgan fingerprint density at radius 1 is 1.22 bits per heavy atom. The molecule has 0 spiro atoms. The van der Waals surface area contributed by atoms with Crippen molar-refractivity contribution >= 4 is 10.2 Å². The van der Waals surface area contributed by atoms with Crippen LogP contribution in [0.15, 0.2) is 0 Å². The molecule has 2 atom stereocenters. The molecule has 2 aliphatic heterocycles. The monoisotopic (exact) mass is 275 g/mol. The SMILES string of the molecule is CC(NS(=O)(=O)N1CCCCCC1)C1CCNC1. The van der Waals surface area contributed by atoms with Crippen molar-refractivity contribution in [2.75, 3.05) is 26.2 Å². The average molecular weight is 275 g/mol. The largest absolute Gasteiger partial charge is 0.316 e. The molecule has 18 heavy (non-hydrogen) atoms. The van der Waals surface area contributed by atoms with Crippen LogP contribution >= 0.6 is 0 Å². The van der Waals surface area contributed by atoms with Gasteiger partial charge in [-0.3, -0.25) is 0 Å². The molecule has 2 saturated heterocycles. The number of rotatable bonds is 4. The Hall–Kier alpha value is -0.170. The molecule has 2 N–H and O–H groups in total. The fourth-order valence-electron chi connectivity index (χ4n) is 2.79. The molecule has 0 saturated carbocycles. The van der Waals surface area contributed by atoms with Gasteiger partial charge in [0, 0.05) is 19.1 Å². The van der Waals surface area contributed by atoms with Gasteiger partial charge in [-0.15, -0.1) is 0 Å². The molecule has 2 rings (SSSR count). The van der Waals surface area contributed by atoms with Gasteiger partial charge < -0.3 is 5.32 Å². The Morgan fingerprint density at radius 2 is 1.89 bits per heavy atom. The summed E-state index contributed by atoms with van der Waals surface area (Å²) in [7, 11) is -3.29. The maximum Gasteiger partial charge on any atom is 0.279 e. The lowest BCUT2D eigenvalue weighted by molar-refractivity contribution is 0.387. The van der Waals surface area contributed by atoms with Crippen molar-refractivity contribution in [3.8, 4) is 0 Å². The summed E-state index contributed by atoms with van der Waals surface area (Å²) in [6.07, 6.45) is 5.33. The van der Waals surface area contributed by atoms with Gasteiger partial charge in [0.1, 0.15) is 0 Å². The van der Waals surface area contributed by atoms with Gasteiger partial charge in [0.2, 0.25) is 0 Å². The zero-order valence-electron chi connectivity index (χ0n) is 11.2. The van der Waals surface area contributed by atoms with Crippen LogP contribution < -0.4 is 10.0 Å². The zero-order chi connectivity index (χ0) is 13.0. The summed E-state index contributed by atoms with van der Waals surface area (Å²) in [4.78, 5) is 0. The lowest BCUT2D eigenvalue weighted by Crippen LogP contribution is -2.47. The van der Waals surface area contributed by atoms with E-state index in [2.05, 4.69) is 10.0 Å². The van der Waals surface area contributed by atoms with E-state index in [1.54, 1.807) is 4.31 Å². The first-order valence-corrected chi connectivity index (χ1v) is 8.52. The summed E-state index contributed by atoms with van der Waals surface area (Å²) in [6, 6.07) is 0.0215. The van der Waals surface area contributed by atoms with Crippen molar-refractivity contribution in [1.82, 2.24) is 14.3 Å². The standard InChI is InChI=1S/C12H25N3O2S/c1-11(12-6-7-13-10-12)14-18(16,17)15-8-4-2-3-5-9-15/h11-14H,2-10H2,1H3. The number of hydrogen-bond donors (Lipinski definition) is 2. The highest BCUT2D eigenvalue weighted by molar-refractivity contribution is 7.87. The van der Waals surface area contributed by atoms with Gasteiger partial charge in [0.25, 0.3) is 10.2 Å². The van der Waals surface area contributed by atoms with Crippen molar-refractivity contribution in [3.63, 3.8) is 0 Å². The van der Waals surface area contributed by atoms with E-state index in [9.17, 15) is 8.42 Å². The predicted octanol–water partition coefficient (Wildman–Crippen LogP) is 0.695. The van der Waals surface area contributed by atoms with Gasteiger partial charge in [-0.05, 0) is 45.2 Å². The van der Waals surface area contributed by atoms with E-state index in [1.807, 2.05) is 6.92 Å². The Morgan fingerprint density at radius 3 is 2.44 bits per heavy atom. The van der Waals surface area contributed by atoms with Crippen LogP contribution in [0.4, 0.5) is 0 Å². The van der Waals surface area contributed by atoms with Crippen LogP contribution in [0, 0.1) is 5.92 Å². The van der Waals surface area contributed by atoms with Crippen molar-refractivity contribution in [3.05, 3.63) is 0 Å². The fourth-order valence-corrected chi connectivity index (χ4v) is 4.34. The molecule has 0 aromatic rings. The summed E-state index contributed by atoms with van der Waals surface area (Å²) < 4.78 is 29.1. The highest BCUT2D eigenvalue weighted by atomic mass is 32.2. The van der Waals surface area contributed by atoms with E-state index in [-0.39, 0.29) is 6.04 Å². The Bertz CT molecular complexity index is 344. The first-order valence-electron chi connectivity index (χ1n) is 7.08. The normalized spacial score (nSPS) is 29.1. The van der Waals surface area contributed by atoms with Gasteiger partial charge in [-0.1, -0.05) is 12.8 Å². The van der Waals surface area contributed by atoms with Crippen molar-refractivity contribution in [2.45, 2.75) is 45.1 Å². The van der Waals surface area contributed by atoms with Crippen LogP contribution in [-0.2, 0) is 10.2 Å². The van der Waals surface area contributed by atoms with Crippen LogP contribution in [0.2, 0.25) is 0 Å². The lowest BCUT2D eigenvalue weighted by Gasteiger charge is -2.25. The topological polar surface area (TPSA) is 61.4 Å². The van der Waals surface area contributed by atoms with Crippen LogP contribution in [-0.4, -0.2) is 44.9 Å². The van der Waals surface area contributed by atoms with Crippen LogP contribution in [0.5, 0.6) is 0 Å². The van der Waals surface area contributed by atoms with E-state index in [0.29, 0.717) is 19.0 Å². The summed E-state index contributed by atoms with van der Waals surface area (Å²) in [5, 5.41) is 3.28. The lowest BCUT2D eigenvalue weighted by atomic mass is 10.0. The fraction of sp³-hybridized carbons (Fsp3) is 1.00. The molecular weight excluding hydrogens is 250 g/mol. The molecule has 0 bridgehead atoms. The number of nitrogens with one attached hydrogen (secondary N) is 2. The second kappa shape index (κ2) is 6.32. The van der Waals surface area contributed by atoms with Gasteiger partial charge in [0.15, 0.2) is 0 Å². The van der Waals surface area contributed by atoms with Crippen molar-refractivity contribution in [1.29, 1.82) is 0 Å². The van der Waals surface area contributed by atoms with Crippen molar-refractivity contribution < 1.29 is 8.42 Å². The molecule has 0 amide bonds. The van der Waals surface area contributed by atoms with Gasteiger partial charge >= 0.3 is 0 Å². The van der Waals surface area contributed by atoms with E-state index in [1.165, 1.54) is 0 Å². The number of nitrogens with zero attached hydrogens (tertiary/aromatic N) is 1. The van der Waals surface area contributed by atoms with E-state index in [0.717, 1.165) is 45.2 Å². The minimum atomic E-state index is -3.29. The predicted molar refractivity (Wildman–Crippen MR) is 72.5 cm³/mol. The molecule has 106 valence electrons. The minimum Gasteiger partial charge on any atom is -0.316 e. The third kappa shape index (κ3) is 3.66. The average Bonchev–Trinajstić information content (AvgIpc) is 2.70. The van der Waals surface area contributed by atoms with E-state index >= 15 is 0 Å². The van der Waals surface area contributed by atoms with Crippen molar-refractivity contribution in [2.24, 2.45) is 5.92 Å². The first-order chi connectivity index (χ1) is 8.59. The van der Waals surface area contributed by atoms with Crippen LogP contribution in [0.1, 0.15) is 39.0 Å². The quantitative estimate of drug-likeness (QED) is 0.794. The Labute approximate surface area is 110 Å². The second-order valence-corrected chi connectivity index (χ2v) is 7.18. The highest BCUT2D eigenvalue weighted by Gasteiger charge is 2.29. The summed E-state index contributed by atoms with van der Waals surface area (Å²) in [5.74, 6) is 0.423. The minimum absolute atomic E-state index is 0.0215. The summed E-state index contributed by atoms with van der Waals surface area (Å²) in [5.41, 5.74) is 0. The van der Waals surface area contributed by atoms with Gasteiger partial charge in [-0.25, -0.2) is 0 Å². The third-order valence-corrected chi connectivity index (χ3v) is 5.76. The van der Waals surface area contributed by atoms with E-state index in [4.69, 9.17) is 0 Å². The molecule has 0 radical (unpaired) electrons. The first kappa shape index (κ1) is 14.2. The molecular formula is C12H25N3O2S. The van der Waals surface area contributed by atoms with Crippen LogP contribution in [0.25, 0.3) is 0 Å². The highest BCUT2D eigenvalue weighted by Crippen LogP contribution is 2.16. The molecule has 5 nitrogen and oxygen atoms in total. The third-order valence-electron chi connectivity index (χ3n) is 4.05. The van der Waals surface area contributed by atoms with Crippen LogP contribution in [0.3, 0.4) is 0 Å². The zero-order valence-corrected chi connectivity index (χ0v) is 12.0. The second-order valence-electron chi connectivity index (χ2n) is 5.48. The molecule has 2 unspecified atom stereocenters. The molecule has 6 heteroatoms. The molecule has 2 aliphatic rings. The molecule has 2 fully saturated rings. The van der Waals surface area contributed by atoms with Gasteiger partial charge in [0.05, 0.1) is 0 Å².